The standard InChI is InChI=1S/C28H33N3O4/c1-35-24-14-8-11-22(17-24)19-30-20-26(32)25(18-21-9-4-2-5-10-21)31(16-15-27(29)33)28(34)23-12-6-3-7-13-23/h2-14,17,25-26,30,32H,15-16,18-20H2,1H3,(H2,29,33)/t25-,26+/m0/s1. The second-order valence-corrected chi connectivity index (χ2v) is 8.39. The van der Waals surface area contributed by atoms with Gasteiger partial charge in [0.1, 0.15) is 5.75 Å². The van der Waals surface area contributed by atoms with Crippen molar-refractivity contribution in [2.75, 3.05) is 20.2 Å². The molecule has 0 aliphatic carbocycles. The Morgan fingerprint density at radius 2 is 1.63 bits per heavy atom. The van der Waals surface area contributed by atoms with Crippen LogP contribution in [0.4, 0.5) is 0 Å². The molecule has 0 spiro atoms. The fourth-order valence-electron chi connectivity index (χ4n) is 3.99. The number of benzene rings is 3. The third kappa shape index (κ3) is 7.95. The van der Waals surface area contributed by atoms with Crippen LogP contribution < -0.4 is 15.8 Å². The number of primary amides is 1. The van der Waals surface area contributed by atoms with Crippen molar-refractivity contribution in [3.05, 3.63) is 102 Å². The molecule has 0 radical (unpaired) electrons. The van der Waals surface area contributed by atoms with Crippen LogP contribution in [0.2, 0.25) is 0 Å². The highest BCUT2D eigenvalue weighted by molar-refractivity contribution is 5.94. The van der Waals surface area contributed by atoms with E-state index in [9.17, 15) is 14.7 Å². The minimum Gasteiger partial charge on any atom is -0.497 e. The molecule has 0 heterocycles. The zero-order chi connectivity index (χ0) is 25.0. The molecule has 184 valence electrons. The van der Waals surface area contributed by atoms with Crippen LogP contribution in [0, 0.1) is 0 Å². The average Bonchev–Trinajstić information content (AvgIpc) is 2.89. The van der Waals surface area contributed by atoms with Crippen LogP contribution in [-0.2, 0) is 17.8 Å². The Labute approximate surface area is 206 Å². The molecule has 0 bridgehead atoms. The molecule has 0 unspecified atom stereocenters. The minimum absolute atomic E-state index is 0.00776. The van der Waals surface area contributed by atoms with Crippen molar-refractivity contribution in [2.45, 2.75) is 31.5 Å². The first kappa shape index (κ1) is 25.9. The van der Waals surface area contributed by atoms with Gasteiger partial charge >= 0.3 is 0 Å². The van der Waals surface area contributed by atoms with Crippen LogP contribution in [0.5, 0.6) is 5.75 Å². The van der Waals surface area contributed by atoms with Crippen molar-refractivity contribution in [3.63, 3.8) is 0 Å². The van der Waals surface area contributed by atoms with E-state index in [1.807, 2.05) is 60.7 Å². The summed E-state index contributed by atoms with van der Waals surface area (Å²) in [6, 6.07) is 25.7. The van der Waals surface area contributed by atoms with Crippen LogP contribution in [0.3, 0.4) is 0 Å². The number of ether oxygens (including phenoxy) is 1. The van der Waals surface area contributed by atoms with Gasteiger partial charge in [0.2, 0.25) is 5.91 Å². The van der Waals surface area contributed by atoms with E-state index in [0.717, 1.165) is 16.9 Å². The summed E-state index contributed by atoms with van der Waals surface area (Å²) >= 11 is 0. The zero-order valence-electron chi connectivity index (χ0n) is 20.0. The van der Waals surface area contributed by atoms with Crippen LogP contribution in [0.1, 0.15) is 27.9 Å². The molecule has 0 aliphatic rings. The molecule has 3 rings (SSSR count). The Hall–Kier alpha value is -3.68. The summed E-state index contributed by atoms with van der Waals surface area (Å²) in [5, 5.41) is 14.6. The van der Waals surface area contributed by atoms with E-state index < -0.39 is 18.1 Å². The zero-order valence-corrected chi connectivity index (χ0v) is 20.0. The second kappa shape index (κ2) is 13.3. The van der Waals surface area contributed by atoms with Gasteiger partial charge in [-0.25, -0.2) is 0 Å². The lowest BCUT2D eigenvalue weighted by molar-refractivity contribution is -0.118. The van der Waals surface area contributed by atoms with Crippen molar-refractivity contribution in [2.24, 2.45) is 5.73 Å². The number of hydrogen-bond donors (Lipinski definition) is 3. The van der Waals surface area contributed by atoms with Crippen LogP contribution >= 0.6 is 0 Å². The summed E-state index contributed by atoms with van der Waals surface area (Å²) in [6.07, 6.45) is -0.449. The Morgan fingerprint density at radius 3 is 2.29 bits per heavy atom. The maximum absolute atomic E-state index is 13.5. The molecule has 2 atom stereocenters. The SMILES string of the molecule is COc1cccc(CNC[C@@H](O)[C@H](Cc2ccccc2)N(CCC(N)=O)C(=O)c2ccccc2)c1. The number of carbonyl (C=O) groups is 2. The fraction of sp³-hybridized carbons (Fsp3) is 0.286. The van der Waals surface area contributed by atoms with E-state index in [-0.39, 0.29) is 25.4 Å². The van der Waals surface area contributed by atoms with E-state index in [0.29, 0.717) is 18.5 Å². The molecule has 0 aromatic heterocycles. The van der Waals surface area contributed by atoms with E-state index in [4.69, 9.17) is 10.5 Å². The highest BCUT2D eigenvalue weighted by Crippen LogP contribution is 2.18. The highest BCUT2D eigenvalue weighted by Gasteiger charge is 2.30. The van der Waals surface area contributed by atoms with Gasteiger partial charge in [-0.05, 0) is 41.8 Å². The fourth-order valence-corrected chi connectivity index (χ4v) is 3.99. The number of nitrogens with zero attached hydrogens (tertiary/aromatic N) is 1. The summed E-state index contributed by atoms with van der Waals surface area (Å²) in [7, 11) is 1.62. The molecule has 0 fully saturated rings. The van der Waals surface area contributed by atoms with Gasteiger partial charge in [-0.2, -0.15) is 0 Å². The van der Waals surface area contributed by atoms with E-state index in [2.05, 4.69) is 5.32 Å². The maximum Gasteiger partial charge on any atom is 0.254 e. The summed E-state index contributed by atoms with van der Waals surface area (Å²) in [5.74, 6) is 0.0116. The highest BCUT2D eigenvalue weighted by atomic mass is 16.5. The lowest BCUT2D eigenvalue weighted by Gasteiger charge is -2.35. The van der Waals surface area contributed by atoms with Gasteiger partial charge in [0.15, 0.2) is 0 Å². The number of nitrogens with two attached hydrogens (primary N) is 1. The Morgan fingerprint density at radius 1 is 0.971 bits per heavy atom. The van der Waals surface area contributed by atoms with E-state index in [1.54, 1.807) is 36.3 Å². The third-order valence-corrected chi connectivity index (χ3v) is 5.83. The third-order valence-electron chi connectivity index (χ3n) is 5.83. The number of amides is 2. The number of carbonyl (C=O) groups excluding carboxylic acids is 2. The first-order valence-corrected chi connectivity index (χ1v) is 11.7. The van der Waals surface area contributed by atoms with Gasteiger partial charge in [-0.15, -0.1) is 0 Å². The lowest BCUT2D eigenvalue weighted by atomic mass is 9.98. The minimum atomic E-state index is -0.888. The van der Waals surface area contributed by atoms with E-state index >= 15 is 0 Å². The molecule has 35 heavy (non-hydrogen) atoms. The maximum atomic E-state index is 13.5. The molecule has 4 N–H and O–H groups in total. The largest absolute Gasteiger partial charge is 0.497 e. The molecule has 0 saturated heterocycles. The number of hydrogen-bond acceptors (Lipinski definition) is 5. The number of aliphatic hydroxyl groups excluding tert-OH is 1. The molecule has 7 nitrogen and oxygen atoms in total. The van der Waals surface area contributed by atoms with Gasteiger partial charge in [-0.1, -0.05) is 60.7 Å². The van der Waals surface area contributed by atoms with Crippen LogP contribution in [0.25, 0.3) is 0 Å². The van der Waals surface area contributed by atoms with E-state index in [1.165, 1.54) is 0 Å². The van der Waals surface area contributed by atoms with Crippen LogP contribution in [0.15, 0.2) is 84.9 Å². The molecule has 0 aliphatic heterocycles. The normalized spacial score (nSPS) is 12.5. The van der Waals surface area contributed by atoms with Crippen molar-refractivity contribution < 1.29 is 19.4 Å². The number of aliphatic hydroxyl groups is 1. The molecule has 7 heteroatoms. The summed E-state index contributed by atoms with van der Waals surface area (Å²) in [5.41, 5.74) is 7.90. The van der Waals surface area contributed by atoms with Gasteiger partial charge in [-0.3, -0.25) is 9.59 Å². The molecule has 3 aromatic carbocycles. The smallest absolute Gasteiger partial charge is 0.254 e. The summed E-state index contributed by atoms with van der Waals surface area (Å²) in [6.45, 7) is 0.900. The Bertz CT molecular complexity index is 1080. The molecular weight excluding hydrogens is 442 g/mol. The summed E-state index contributed by atoms with van der Waals surface area (Å²) < 4.78 is 5.27. The quantitative estimate of drug-likeness (QED) is 0.353. The van der Waals surface area contributed by atoms with Gasteiger partial charge in [0.25, 0.3) is 5.91 Å². The first-order chi connectivity index (χ1) is 17.0. The lowest BCUT2D eigenvalue weighted by Crippen LogP contribution is -2.52. The van der Waals surface area contributed by atoms with Crippen molar-refractivity contribution in [1.82, 2.24) is 10.2 Å². The number of rotatable bonds is 13. The number of nitrogens with one attached hydrogen (secondary N) is 1. The summed E-state index contributed by atoms with van der Waals surface area (Å²) in [4.78, 5) is 26.7. The topological polar surface area (TPSA) is 105 Å². The Kier molecular flexibility index (Phi) is 9.83. The molecule has 2 amide bonds. The van der Waals surface area contributed by atoms with Crippen LogP contribution in [-0.4, -0.2) is 54.2 Å². The van der Waals surface area contributed by atoms with Gasteiger partial charge in [0.05, 0.1) is 19.3 Å². The van der Waals surface area contributed by atoms with Gasteiger partial charge < -0.3 is 25.8 Å². The monoisotopic (exact) mass is 475 g/mol. The van der Waals surface area contributed by atoms with Crippen molar-refractivity contribution in [1.29, 1.82) is 0 Å². The molecule has 0 saturated carbocycles. The predicted octanol–water partition coefficient (Wildman–Crippen LogP) is 2.77. The Balaban J connectivity index is 1.81. The van der Waals surface area contributed by atoms with Gasteiger partial charge in [0, 0.05) is 31.6 Å². The molecular formula is C28H33N3O4. The van der Waals surface area contributed by atoms with Crippen molar-refractivity contribution in [3.8, 4) is 5.75 Å². The molecule has 3 aromatic rings. The number of methoxy groups -OCH3 is 1. The first-order valence-electron chi connectivity index (χ1n) is 11.7. The average molecular weight is 476 g/mol. The second-order valence-electron chi connectivity index (χ2n) is 8.39. The predicted molar refractivity (Wildman–Crippen MR) is 136 cm³/mol. The van der Waals surface area contributed by atoms with Crippen molar-refractivity contribution >= 4 is 11.8 Å².